The average molecular weight is 272 g/mol. The van der Waals surface area contributed by atoms with Gasteiger partial charge >= 0.3 is 5.97 Å². The van der Waals surface area contributed by atoms with Crippen molar-refractivity contribution in [1.82, 2.24) is 9.88 Å². The first kappa shape index (κ1) is 14.0. The number of rotatable bonds is 4. The van der Waals surface area contributed by atoms with Gasteiger partial charge in [-0.25, -0.2) is 0 Å². The van der Waals surface area contributed by atoms with Crippen molar-refractivity contribution in [2.75, 3.05) is 20.2 Å². The molecule has 0 radical (unpaired) electrons. The Morgan fingerprint density at radius 1 is 1.25 bits per heavy atom. The van der Waals surface area contributed by atoms with Gasteiger partial charge in [-0.05, 0) is 19.1 Å². The van der Waals surface area contributed by atoms with Gasteiger partial charge in [0.15, 0.2) is 0 Å². The molecule has 0 spiro atoms. The van der Waals surface area contributed by atoms with Crippen LogP contribution in [0.1, 0.15) is 17.3 Å². The zero-order chi connectivity index (χ0) is 14.5. The van der Waals surface area contributed by atoms with Crippen LogP contribution in [0, 0.1) is 0 Å². The summed E-state index contributed by atoms with van der Waals surface area (Å²) in [5.41, 5.74) is 1.28. The normalized spacial score (nSPS) is 10.3. The Morgan fingerprint density at radius 2 is 2.00 bits per heavy atom. The summed E-state index contributed by atoms with van der Waals surface area (Å²) < 4.78 is 4.84. The molecule has 104 valence electrons. The molecule has 2 aromatic rings. The van der Waals surface area contributed by atoms with E-state index in [2.05, 4.69) is 4.98 Å². The first-order valence-corrected chi connectivity index (χ1v) is 6.38. The van der Waals surface area contributed by atoms with Crippen LogP contribution < -0.4 is 0 Å². The van der Waals surface area contributed by atoms with Gasteiger partial charge < -0.3 is 9.64 Å². The van der Waals surface area contributed by atoms with Crippen LogP contribution in [0.3, 0.4) is 0 Å². The molecule has 1 amide bonds. The third kappa shape index (κ3) is 2.93. The highest BCUT2D eigenvalue weighted by molar-refractivity contribution is 6.06. The van der Waals surface area contributed by atoms with Crippen LogP contribution in [0.4, 0.5) is 0 Å². The number of benzene rings is 1. The number of hydrogen-bond acceptors (Lipinski definition) is 4. The summed E-state index contributed by atoms with van der Waals surface area (Å²) in [5, 5.41) is 0.774. The van der Waals surface area contributed by atoms with Gasteiger partial charge in [-0.2, -0.15) is 0 Å². The second kappa shape index (κ2) is 6.14. The Labute approximate surface area is 117 Å². The predicted octanol–water partition coefficient (Wildman–Crippen LogP) is 1.87. The fraction of sp³-hybridized carbons (Fsp3) is 0.267. The summed E-state index contributed by atoms with van der Waals surface area (Å²) in [6.07, 6.45) is 1.59. The van der Waals surface area contributed by atoms with Crippen LogP contribution >= 0.6 is 0 Å². The molecule has 5 heteroatoms. The van der Waals surface area contributed by atoms with Crippen LogP contribution in [-0.4, -0.2) is 42.0 Å². The monoisotopic (exact) mass is 272 g/mol. The second-order valence-corrected chi connectivity index (χ2v) is 4.34. The summed E-state index contributed by atoms with van der Waals surface area (Å²) in [6, 6.07) is 9.07. The van der Waals surface area contributed by atoms with E-state index >= 15 is 0 Å². The lowest BCUT2D eigenvalue weighted by Gasteiger charge is -2.17. The Bertz CT molecular complexity index is 635. The zero-order valence-electron chi connectivity index (χ0n) is 11.5. The van der Waals surface area contributed by atoms with Crippen molar-refractivity contribution in [2.24, 2.45) is 0 Å². The number of fused-ring (bicyclic) bond motifs is 1. The highest BCUT2D eigenvalue weighted by Gasteiger charge is 2.17. The summed E-state index contributed by atoms with van der Waals surface area (Å²) in [6.45, 7) is 1.97. The third-order valence-electron chi connectivity index (χ3n) is 2.90. The molecule has 0 atom stereocenters. The van der Waals surface area contributed by atoms with E-state index in [-0.39, 0.29) is 12.5 Å². The van der Waals surface area contributed by atoms with Crippen LogP contribution in [0.5, 0.6) is 0 Å². The maximum atomic E-state index is 12.4. The van der Waals surface area contributed by atoms with E-state index in [4.69, 9.17) is 4.74 Å². The number of carbonyl (C=O) groups is 2. The van der Waals surface area contributed by atoms with Crippen LogP contribution in [0.2, 0.25) is 0 Å². The van der Waals surface area contributed by atoms with Gasteiger partial charge in [0.1, 0.15) is 6.54 Å². The molecule has 5 nitrogen and oxygen atoms in total. The molecule has 0 aliphatic heterocycles. The summed E-state index contributed by atoms with van der Waals surface area (Å²) in [4.78, 5) is 29.4. The van der Waals surface area contributed by atoms with E-state index in [0.717, 1.165) is 10.9 Å². The third-order valence-corrected chi connectivity index (χ3v) is 2.90. The number of amides is 1. The summed E-state index contributed by atoms with van der Waals surface area (Å²) in [5.74, 6) is -0.640. The smallest absolute Gasteiger partial charge is 0.325 e. The van der Waals surface area contributed by atoms with Gasteiger partial charge in [0.2, 0.25) is 0 Å². The fourth-order valence-corrected chi connectivity index (χ4v) is 1.96. The van der Waals surface area contributed by atoms with Crippen molar-refractivity contribution < 1.29 is 14.3 Å². The number of aromatic nitrogens is 1. The standard InChI is InChI=1S/C15H16N2O3/c1-3-20-14(18)10-17(2)15(19)12-8-9-16-13-7-5-4-6-11(12)13/h4-9H,3,10H2,1-2H3. The van der Waals surface area contributed by atoms with Crippen molar-refractivity contribution in [2.45, 2.75) is 6.92 Å². The molecular formula is C15H16N2O3. The first-order valence-electron chi connectivity index (χ1n) is 6.38. The fourth-order valence-electron chi connectivity index (χ4n) is 1.96. The van der Waals surface area contributed by atoms with Gasteiger partial charge in [-0.3, -0.25) is 14.6 Å². The lowest BCUT2D eigenvalue weighted by atomic mass is 10.1. The molecule has 1 heterocycles. The van der Waals surface area contributed by atoms with Crippen LogP contribution in [0.25, 0.3) is 10.9 Å². The molecule has 0 fully saturated rings. The van der Waals surface area contributed by atoms with Crippen molar-refractivity contribution >= 4 is 22.8 Å². The molecule has 0 aliphatic carbocycles. The minimum atomic E-state index is -0.415. The highest BCUT2D eigenvalue weighted by atomic mass is 16.5. The Hall–Kier alpha value is -2.43. The Morgan fingerprint density at radius 3 is 2.75 bits per heavy atom. The number of hydrogen-bond donors (Lipinski definition) is 0. The van der Waals surface area contributed by atoms with Crippen molar-refractivity contribution in [3.8, 4) is 0 Å². The van der Waals surface area contributed by atoms with Gasteiger partial charge in [0, 0.05) is 18.6 Å². The molecule has 0 aliphatic rings. The molecule has 1 aromatic carbocycles. The molecule has 0 saturated carbocycles. The lowest BCUT2D eigenvalue weighted by Crippen LogP contribution is -2.33. The van der Waals surface area contributed by atoms with E-state index in [1.54, 1.807) is 26.2 Å². The van der Waals surface area contributed by atoms with E-state index in [0.29, 0.717) is 12.2 Å². The topological polar surface area (TPSA) is 59.5 Å². The number of pyridine rings is 1. The number of para-hydroxylation sites is 1. The number of ether oxygens (including phenoxy) is 1. The molecule has 0 unspecified atom stereocenters. The van der Waals surface area contributed by atoms with Crippen molar-refractivity contribution in [3.63, 3.8) is 0 Å². The maximum Gasteiger partial charge on any atom is 0.325 e. The van der Waals surface area contributed by atoms with E-state index in [9.17, 15) is 9.59 Å². The largest absolute Gasteiger partial charge is 0.465 e. The number of esters is 1. The predicted molar refractivity (Wildman–Crippen MR) is 75.3 cm³/mol. The highest BCUT2D eigenvalue weighted by Crippen LogP contribution is 2.17. The van der Waals surface area contributed by atoms with E-state index in [1.165, 1.54) is 4.90 Å². The Balaban J connectivity index is 2.25. The van der Waals surface area contributed by atoms with Crippen LogP contribution in [0.15, 0.2) is 36.5 Å². The molecule has 2 rings (SSSR count). The number of carbonyl (C=O) groups excluding carboxylic acids is 2. The van der Waals surface area contributed by atoms with Crippen molar-refractivity contribution in [1.29, 1.82) is 0 Å². The molecule has 0 saturated heterocycles. The van der Waals surface area contributed by atoms with Gasteiger partial charge in [-0.15, -0.1) is 0 Å². The zero-order valence-corrected chi connectivity index (χ0v) is 11.5. The van der Waals surface area contributed by atoms with Gasteiger partial charge in [0.25, 0.3) is 5.91 Å². The molecule has 0 bridgehead atoms. The molecular weight excluding hydrogens is 256 g/mol. The van der Waals surface area contributed by atoms with Crippen LogP contribution in [-0.2, 0) is 9.53 Å². The molecule has 1 aromatic heterocycles. The van der Waals surface area contributed by atoms with E-state index in [1.807, 2.05) is 24.3 Å². The summed E-state index contributed by atoms with van der Waals surface area (Å²) >= 11 is 0. The molecule has 20 heavy (non-hydrogen) atoms. The Kier molecular flexibility index (Phi) is 4.30. The number of nitrogens with zero attached hydrogens (tertiary/aromatic N) is 2. The first-order chi connectivity index (χ1) is 9.63. The minimum Gasteiger partial charge on any atom is -0.465 e. The molecule has 0 N–H and O–H groups in total. The van der Waals surface area contributed by atoms with Gasteiger partial charge in [-0.1, -0.05) is 18.2 Å². The quantitative estimate of drug-likeness (QED) is 0.797. The SMILES string of the molecule is CCOC(=O)CN(C)C(=O)c1ccnc2ccccc12. The van der Waals surface area contributed by atoms with Crippen molar-refractivity contribution in [3.05, 3.63) is 42.1 Å². The minimum absolute atomic E-state index is 0.0661. The van der Waals surface area contributed by atoms with Gasteiger partial charge in [0.05, 0.1) is 17.7 Å². The van der Waals surface area contributed by atoms with E-state index < -0.39 is 5.97 Å². The number of likely N-dealkylation sites (N-methyl/N-ethyl adjacent to an activating group) is 1. The lowest BCUT2D eigenvalue weighted by molar-refractivity contribution is -0.143. The summed E-state index contributed by atoms with van der Waals surface area (Å²) in [7, 11) is 1.58. The second-order valence-electron chi connectivity index (χ2n) is 4.34. The average Bonchev–Trinajstić information content (AvgIpc) is 2.46. The maximum absolute atomic E-state index is 12.4.